The zero-order chi connectivity index (χ0) is 11.1. The molecule has 1 heterocycles. The maximum absolute atomic E-state index is 11.6. The molecule has 0 spiro atoms. The summed E-state index contributed by atoms with van der Waals surface area (Å²) in [6.07, 6.45) is 0. The Balaban J connectivity index is 2.48. The molecule has 1 aromatic carbocycles. The lowest BCUT2D eigenvalue weighted by molar-refractivity contribution is 0.236. The summed E-state index contributed by atoms with van der Waals surface area (Å²) in [6, 6.07) is 3.91. The summed E-state index contributed by atoms with van der Waals surface area (Å²) < 4.78 is 22.2. The molecule has 4 nitrogen and oxygen atoms in total. The first-order valence-electron chi connectivity index (χ1n) is 4.75. The van der Waals surface area contributed by atoms with Crippen LogP contribution in [-0.2, 0) is 15.7 Å². The average Bonchev–Trinajstić information content (AvgIpc) is 2.18. The molecule has 1 atom stereocenters. The average molecular weight is 227 g/mol. The molecule has 0 aliphatic carbocycles. The Labute approximate surface area is 89.1 Å². The quantitative estimate of drug-likeness (QED) is 0.749. The van der Waals surface area contributed by atoms with Crippen molar-refractivity contribution >= 4 is 13.3 Å². The molecule has 1 unspecified atom stereocenters. The van der Waals surface area contributed by atoms with E-state index in [2.05, 4.69) is 5.32 Å². The largest absolute Gasteiger partial charge is 0.424 e. The van der Waals surface area contributed by atoms with Crippen LogP contribution >= 0.6 is 7.60 Å². The fourth-order valence-corrected chi connectivity index (χ4v) is 2.63. The van der Waals surface area contributed by atoms with Crippen LogP contribution in [0.1, 0.15) is 11.1 Å². The standard InChI is InChI=1S/C10H14NO3P/c1-7-4-9(11-2)5-8-6-13-15(3,12)14-10(7)8/h4-5,11H,6H2,1-3H3. The summed E-state index contributed by atoms with van der Waals surface area (Å²) in [5.74, 6) is 0.700. The summed E-state index contributed by atoms with van der Waals surface area (Å²) in [5, 5.41) is 3.06. The highest BCUT2D eigenvalue weighted by atomic mass is 31.2. The van der Waals surface area contributed by atoms with Gasteiger partial charge in [0.2, 0.25) is 0 Å². The van der Waals surface area contributed by atoms with Crippen LogP contribution in [0.5, 0.6) is 5.75 Å². The van der Waals surface area contributed by atoms with E-state index in [1.54, 1.807) is 0 Å². The number of fused-ring (bicyclic) bond motifs is 1. The van der Waals surface area contributed by atoms with Gasteiger partial charge in [-0.1, -0.05) is 0 Å². The van der Waals surface area contributed by atoms with Gasteiger partial charge in [0.15, 0.2) is 0 Å². The van der Waals surface area contributed by atoms with Crippen LogP contribution < -0.4 is 9.84 Å². The first kappa shape index (κ1) is 10.5. The number of hydrogen-bond acceptors (Lipinski definition) is 4. The van der Waals surface area contributed by atoms with Crippen molar-refractivity contribution in [3.63, 3.8) is 0 Å². The van der Waals surface area contributed by atoms with Gasteiger partial charge in [-0.3, -0.25) is 4.52 Å². The Hall–Kier alpha value is -0.990. The van der Waals surface area contributed by atoms with Crippen LogP contribution in [0.2, 0.25) is 0 Å². The number of rotatable bonds is 1. The van der Waals surface area contributed by atoms with E-state index in [4.69, 9.17) is 9.05 Å². The Morgan fingerprint density at radius 2 is 2.20 bits per heavy atom. The van der Waals surface area contributed by atoms with E-state index in [1.165, 1.54) is 6.66 Å². The second kappa shape index (κ2) is 3.54. The Morgan fingerprint density at radius 3 is 2.87 bits per heavy atom. The van der Waals surface area contributed by atoms with E-state index in [0.29, 0.717) is 12.4 Å². The maximum Gasteiger partial charge on any atom is 0.376 e. The fraction of sp³-hybridized carbons (Fsp3) is 0.400. The summed E-state index contributed by atoms with van der Waals surface area (Å²) >= 11 is 0. The number of benzene rings is 1. The predicted molar refractivity (Wildman–Crippen MR) is 59.7 cm³/mol. The van der Waals surface area contributed by atoms with E-state index in [9.17, 15) is 4.57 Å². The maximum atomic E-state index is 11.6. The molecule has 0 amide bonds. The topological polar surface area (TPSA) is 47.6 Å². The second-order valence-corrected chi connectivity index (χ2v) is 5.65. The van der Waals surface area contributed by atoms with Gasteiger partial charge in [-0.2, -0.15) is 0 Å². The Morgan fingerprint density at radius 1 is 1.47 bits per heavy atom. The van der Waals surface area contributed by atoms with Crippen LogP contribution in [0.3, 0.4) is 0 Å². The lowest BCUT2D eigenvalue weighted by atomic mass is 10.1. The number of nitrogens with one attached hydrogen (secondary N) is 1. The summed E-state index contributed by atoms with van der Waals surface area (Å²) in [5.41, 5.74) is 2.92. The zero-order valence-electron chi connectivity index (χ0n) is 9.03. The monoisotopic (exact) mass is 227 g/mol. The molecule has 2 rings (SSSR count). The van der Waals surface area contributed by atoms with Crippen molar-refractivity contribution in [1.29, 1.82) is 0 Å². The van der Waals surface area contributed by atoms with Crippen molar-refractivity contribution < 1.29 is 13.6 Å². The smallest absolute Gasteiger partial charge is 0.376 e. The van der Waals surface area contributed by atoms with Crippen LogP contribution in [0.25, 0.3) is 0 Å². The highest BCUT2D eigenvalue weighted by molar-refractivity contribution is 7.53. The molecule has 1 aromatic rings. The first-order valence-corrected chi connectivity index (χ1v) is 6.74. The van der Waals surface area contributed by atoms with Gasteiger partial charge in [0, 0.05) is 25.0 Å². The fourth-order valence-electron chi connectivity index (χ4n) is 1.61. The van der Waals surface area contributed by atoms with Crippen molar-refractivity contribution in [2.45, 2.75) is 13.5 Å². The third-order valence-corrected chi connectivity index (χ3v) is 3.46. The molecular formula is C10H14NO3P. The second-order valence-electron chi connectivity index (χ2n) is 3.67. The molecule has 0 saturated heterocycles. The zero-order valence-corrected chi connectivity index (χ0v) is 9.93. The van der Waals surface area contributed by atoms with Crippen molar-refractivity contribution in [3.05, 3.63) is 23.3 Å². The molecule has 1 N–H and O–H groups in total. The molecule has 82 valence electrons. The summed E-state index contributed by atoms with van der Waals surface area (Å²) in [7, 11) is -1.03. The van der Waals surface area contributed by atoms with Gasteiger partial charge in [-0.15, -0.1) is 0 Å². The van der Waals surface area contributed by atoms with Crippen molar-refractivity contribution in [2.75, 3.05) is 19.0 Å². The van der Waals surface area contributed by atoms with Crippen molar-refractivity contribution in [3.8, 4) is 5.75 Å². The van der Waals surface area contributed by atoms with E-state index < -0.39 is 7.60 Å². The van der Waals surface area contributed by atoms with Gasteiger partial charge in [-0.25, -0.2) is 4.57 Å². The third kappa shape index (κ3) is 2.01. The van der Waals surface area contributed by atoms with Gasteiger partial charge in [0.05, 0.1) is 6.61 Å². The van der Waals surface area contributed by atoms with Crippen LogP contribution in [0, 0.1) is 6.92 Å². The van der Waals surface area contributed by atoms with E-state index in [-0.39, 0.29) is 0 Å². The lowest BCUT2D eigenvalue weighted by Gasteiger charge is -2.25. The number of hydrogen-bond donors (Lipinski definition) is 1. The SMILES string of the molecule is CNc1cc(C)c2c(c1)COP(C)(=O)O2. The molecule has 15 heavy (non-hydrogen) atoms. The van der Waals surface area contributed by atoms with Crippen LogP contribution in [0.15, 0.2) is 12.1 Å². The molecule has 1 aliphatic rings. The summed E-state index contributed by atoms with van der Waals surface area (Å²) in [4.78, 5) is 0. The number of aryl methyl sites for hydroxylation is 1. The van der Waals surface area contributed by atoms with Crippen molar-refractivity contribution in [2.24, 2.45) is 0 Å². The minimum Gasteiger partial charge on any atom is -0.424 e. The lowest BCUT2D eigenvalue weighted by Crippen LogP contribution is -2.08. The van der Waals surface area contributed by atoms with Gasteiger partial charge >= 0.3 is 7.60 Å². The summed E-state index contributed by atoms with van der Waals surface area (Å²) in [6.45, 7) is 3.77. The van der Waals surface area contributed by atoms with Crippen LogP contribution in [-0.4, -0.2) is 13.7 Å². The highest BCUT2D eigenvalue weighted by Gasteiger charge is 2.27. The molecule has 0 saturated carbocycles. The predicted octanol–water partition coefficient (Wildman–Crippen LogP) is 2.77. The molecule has 0 bridgehead atoms. The molecule has 0 radical (unpaired) electrons. The minimum atomic E-state index is -2.89. The minimum absolute atomic E-state index is 0.347. The molecule has 5 heteroatoms. The highest BCUT2D eigenvalue weighted by Crippen LogP contribution is 2.51. The van der Waals surface area contributed by atoms with E-state index in [0.717, 1.165) is 16.8 Å². The van der Waals surface area contributed by atoms with E-state index in [1.807, 2.05) is 26.1 Å². The molecule has 0 aromatic heterocycles. The van der Waals surface area contributed by atoms with Gasteiger partial charge < -0.3 is 9.84 Å². The molecule has 1 aliphatic heterocycles. The normalized spacial score (nSPS) is 24.2. The number of anilines is 1. The van der Waals surface area contributed by atoms with E-state index >= 15 is 0 Å². The van der Waals surface area contributed by atoms with Gasteiger partial charge in [-0.05, 0) is 24.6 Å². The Bertz CT molecular complexity index is 445. The van der Waals surface area contributed by atoms with Gasteiger partial charge in [0.25, 0.3) is 0 Å². The van der Waals surface area contributed by atoms with Crippen molar-refractivity contribution in [1.82, 2.24) is 0 Å². The Kier molecular flexibility index (Phi) is 2.49. The first-order chi connectivity index (χ1) is 7.02. The van der Waals surface area contributed by atoms with Gasteiger partial charge in [0.1, 0.15) is 5.75 Å². The molecular weight excluding hydrogens is 213 g/mol. The third-order valence-electron chi connectivity index (χ3n) is 2.35. The molecule has 0 fully saturated rings. The van der Waals surface area contributed by atoms with Crippen LogP contribution in [0.4, 0.5) is 5.69 Å².